The van der Waals surface area contributed by atoms with Gasteiger partial charge in [-0.2, -0.15) is 0 Å². The molecule has 0 aromatic heterocycles. The first kappa shape index (κ1) is 54.5. The van der Waals surface area contributed by atoms with Crippen molar-refractivity contribution in [3.05, 3.63) is 24.8 Å². The molecule has 1 unspecified atom stereocenters. The molecule has 0 aromatic carbocycles. The summed E-state index contributed by atoms with van der Waals surface area (Å²) in [5.41, 5.74) is 0. The van der Waals surface area contributed by atoms with E-state index in [0.717, 1.165) is 38.5 Å². The van der Waals surface area contributed by atoms with E-state index in [4.69, 9.17) is 18.5 Å². The van der Waals surface area contributed by atoms with Crippen LogP contribution in [0.1, 0.15) is 206 Å². The molecule has 0 radical (unpaired) electrons. The van der Waals surface area contributed by atoms with Crippen LogP contribution in [0.15, 0.2) is 24.8 Å². The van der Waals surface area contributed by atoms with Crippen molar-refractivity contribution >= 4 is 19.8 Å². The van der Waals surface area contributed by atoms with Crippen molar-refractivity contribution in [2.75, 3.05) is 47.5 Å². The van der Waals surface area contributed by atoms with Crippen LogP contribution in [-0.4, -0.2) is 74.9 Å². The summed E-state index contributed by atoms with van der Waals surface area (Å²) in [5, 5.41) is 0. The molecule has 0 spiro atoms. The van der Waals surface area contributed by atoms with Crippen LogP contribution < -0.4 is 0 Å². The maximum absolute atomic E-state index is 12.7. The predicted molar refractivity (Wildman–Crippen MR) is 234 cm³/mol. The molecule has 10 heteroatoms. The zero-order chi connectivity index (χ0) is 41.4. The summed E-state index contributed by atoms with van der Waals surface area (Å²) in [6.07, 6.45) is 41.1. The van der Waals surface area contributed by atoms with Crippen LogP contribution >= 0.6 is 7.82 Å². The third kappa shape index (κ3) is 42.1. The first-order valence-corrected chi connectivity index (χ1v) is 24.5. The molecule has 330 valence electrons. The Labute approximate surface area is 345 Å². The van der Waals surface area contributed by atoms with Crippen LogP contribution in [0.25, 0.3) is 0 Å². The minimum Gasteiger partial charge on any atom is -0.462 e. The largest absolute Gasteiger partial charge is 0.472 e. The predicted octanol–water partition coefficient (Wildman–Crippen LogP) is 13.1. The average molecular weight is 815 g/mol. The SMILES string of the molecule is C=CCCCCCCCCCCCCCCCC(=O)O[C@H](COC(=O)CCCCCCCCCCC/C=C/CCCCCC)COP(=O)(O)OCC[N+](C)(C)C. The molecule has 0 saturated carbocycles. The molecule has 0 amide bonds. The van der Waals surface area contributed by atoms with E-state index in [1.54, 1.807) is 0 Å². The highest BCUT2D eigenvalue weighted by molar-refractivity contribution is 7.47. The molecular formula is C46H89NO8P+. The molecule has 1 N–H and O–H groups in total. The summed E-state index contributed by atoms with van der Waals surface area (Å²) < 4.78 is 34.3. The topological polar surface area (TPSA) is 108 Å². The Hall–Kier alpha value is -1.51. The quantitative estimate of drug-likeness (QED) is 0.0213. The Kier molecular flexibility index (Phi) is 37.9. The van der Waals surface area contributed by atoms with Gasteiger partial charge < -0.3 is 18.9 Å². The molecular weight excluding hydrogens is 725 g/mol. The van der Waals surface area contributed by atoms with E-state index in [-0.39, 0.29) is 32.0 Å². The highest BCUT2D eigenvalue weighted by Gasteiger charge is 2.27. The van der Waals surface area contributed by atoms with Crippen molar-refractivity contribution in [2.45, 2.75) is 212 Å². The van der Waals surface area contributed by atoms with Crippen molar-refractivity contribution in [2.24, 2.45) is 0 Å². The second-order valence-corrected chi connectivity index (χ2v) is 18.3. The standard InChI is InChI=1S/C46H88NO8P/c1-6-8-10-12-14-16-18-20-22-23-25-26-28-30-32-34-36-38-45(48)52-42-44(43-54-56(50,51)53-41-40-47(3,4)5)55-46(49)39-37-35-33-31-29-27-24-21-19-17-15-13-11-9-7-2/h7,16,18,44H,2,6,8-15,17,19-43H2,1,3-5H3/p+1/b18-16+/t44-/m1/s1. The number of unbranched alkanes of at least 4 members (excludes halogenated alkanes) is 26. The van der Waals surface area contributed by atoms with E-state index in [9.17, 15) is 19.0 Å². The Morgan fingerprint density at radius 1 is 0.589 bits per heavy atom. The molecule has 0 aliphatic rings. The number of ether oxygens (including phenoxy) is 2. The highest BCUT2D eigenvalue weighted by Crippen LogP contribution is 2.43. The van der Waals surface area contributed by atoms with Gasteiger partial charge in [-0.15, -0.1) is 6.58 Å². The number of rotatable bonds is 43. The van der Waals surface area contributed by atoms with Gasteiger partial charge in [0, 0.05) is 12.8 Å². The van der Waals surface area contributed by atoms with Gasteiger partial charge in [0.15, 0.2) is 6.10 Å². The molecule has 9 nitrogen and oxygen atoms in total. The Balaban J connectivity index is 4.29. The lowest BCUT2D eigenvalue weighted by Gasteiger charge is -2.24. The molecule has 0 heterocycles. The number of hydrogen-bond donors (Lipinski definition) is 1. The van der Waals surface area contributed by atoms with Crippen molar-refractivity contribution in [3.8, 4) is 0 Å². The normalized spacial score (nSPS) is 13.5. The zero-order valence-electron chi connectivity index (χ0n) is 37.0. The monoisotopic (exact) mass is 815 g/mol. The van der Waals surface area contributed by atoms with E-state index in [1.165, 1.54) is 141 Å². The lowest BCUT2D eigenvalue weighted by molar-refractivity contribution is -0.870. The fourth-order valence-corrected chi connectivity index (χ4v) is 7.20. The zero-order valence-corrected chi connectivity index (χ0v) is 37.9. The van der Waals surface area contributed by atoms with Crippen LogP contribution in [0.2, 0.25) is 0 Å². The number of quaternary nitrogens is 1. The number of likely N-dealkylation sites (N-methyl/N-ethyl adjacent to an activating group) is 1. The number of phosphoric ester groups is 1. The number of nitrogens with zero attached hydrogens (tertiary/aromatic N) is 1. The van der Waals surface area contributed by atoms with Gasteiger partial charge in [-0.1, -0.05) is 160 Å². The van der Waals surface area contributed by atoms with Crippen molar-refractivity contribution in [3.63, 3.8) is 0 Å². The first-order valence-electron chi connectivity index (χ1n) is 23.0. The smallest absolute Gasteiger partial charge is 0.462 e. The van der Waals surface area contributed by atoms with Crippen molar-refractivity contribution < 1.29 is 42.1 Å². The van der Waals surface area contributed by atoms with Gasteiger partial charge >= 0.3 is 19.8 Å². The molecule has 2 atom stereocenters. The van der Waals surface area contributed by atoms with Gasteiger partial charge in [-0.05, 0) is 51.4 Å². The molecule has 0 aliphatic heterocycles. The lowest BCUT2D eigenvalue weighted by atomic mass is 10.0. The maximum atomic E-state index is 12.7. The third-order valence-electron chi connectivity index (χ3n) is 10.1. The van der Waals surface area contributed by atoms with Gasteiger partial charge in [0.2, 0.25) is 0 Å². The van der Waals surface area contributed by atoms with Gasteiger partial charge in [-0.3, -0.25) is 18.6 Å². The van der Waals surface area contributed by atoms with Crippen LogP contribution in [0.3, 0.4) is 0 Å². The van der Waals surface area contributed by atoms with E-state index < -0.39 is 26.5 Å². The van der Waals surface area contributed by atoms with Gasteiger partial charge in [0.1, 0.15) is 19.8 Å². The Morgan fingerprint density at radius 3 is 1.45 bits per heavy atom. The average Bonchev–Trinajstić information content (AvgIpc) is 3.15. The number of carbonyl (C=O) groups excluding carboxylic acids is 2. The third-order valence-corrected chi connectivity index (χ3v) is 11.1. The van der Waals surface area contributed by atoms with Crippen molar-refractivity contribution in [1.29, 1.82) is 0 Å². The fourth-order valence-electron chi connectivity index (χ4n) is 6.46. The summed E-state index contributed by atoms with van der Waals surface area (Å²) in [7, 11) is 1.48. The molecule has 56 heavy (non-hydrogen) atoms. The molecule has 0 rings (SSSR count). The minimum atomic E-state index is -4.37. The van der Waals surface area contributed by atoms with Gasteiger partial charge in [-0.25, -0.2) is 4.57 Å². The van der Waals surface area contributed by atoms with E-state index in [0.29, 0.717) is 17.4 Å². The first-order chi connectivity index (χ1) is 27.0. The number of phosphoric acid groups is 1. The summed E-state index contributed by atoms with van der Waals surface area (Å²) in [6, 6.07) is 0. The number of hydrogen-bond acceptors (Lipinski definition) is 7. The second kappa shape index (κ2) is 39.0. The van der Waals surface area contributed by atoms with Crippen molar-refractivity contribution in [1.82, 2.24) is 0 Å². The highest BCUT2D eigenvalue weighted by atomic mass is 31.2. The van der Waals surface area contributed by atoms with Gasteiger partial charge in [0.25, 0.3) is 0 Å². The number of carbonyl (C=O) groups is 2. The summed E-state index contributed by atoms with van der Waals surface area (Å²) >= 11 is 0. The van der Waals surface area contributed by atoms with Crippen LogP contribution in [-0.2, 0) is 32.7 Å². The molecule has 0 fully saturated rings. The maximum Gasteiger partial charge on any atom is 0.472 e. The lowest BCUT2D eigenvalue weighted by Crippen LogP contribution is -2.37. The molecule has 0 bridgehead atoms. The van der Waals surface area contributed by atoms with E-state index >= 15 is 0 Å². The van der Waals surface area contributed by atoms with Crippen LogP contribution in [0.4, 0.5) is 0 Å². The molecule has 0 aromatic rings. The van der Waals surface area contributed by atoms with Gasteiger partial charge in [0.05, 0.1) is 27.7 Å². The Morgan fingerprint density at radius 2 is 1.00 bits per heavy atom. The molecule has 0 saturated heterocycles. The van der Waals surface area contributed by atoms with E-state index in [1.807, 2.05) is 27.2 Å². The Bertz CT molecular complexity index is 998. The number of esters is 2. The number of allylic oxidation sites excluding steroid dienone is 3. The van der Waals surface area contributed by atoms with Crippen LogP contribution in [0, 0.1) is 0 Å². The fraction of sp³-hybridized carbons (Fsp3) is 0.870. The van der Waals surface area contributed by atoms with Crippen LogP contribution in [0.5, 0.6) is 0 Å². The summed E-state index contributed by atoms with van der Waals surface area (Å²) in [5.74, 6) is -0.797. The summed E-state index contributed by atoms with van der Waals surface area (Å²) in [4.78, 5) is 35.4. The second-order valence-electron chi connectivity index (χ2n) is 16.9. The molecule has 0 aliphatic carbocycles. The van der Waals surface area contributed by atoms with E-state index in [2.05, 4.69) is 25.7 Å². The minimum absolute atomic E-state index is 0.0323. The summed E-state index contributed by atoms with van der Waals surface area (Å²) in [6.45, 7) is 5.95.